The smallest absolute Gasteiger partial charge is 0.320 e. The average molecular weight is 319 g/mol. The molecule has 0 amide bonds. The molecule has 7 nitrogen and oxygen atoms in total. The van der Waals surface area contributed by atoms with E-state index < -0.39 is 22.2 Å². The molecule has 0 aromatic heterocycles. The Kier molecular flexibility index (Phi) is 5.24. The predicted molar refractivity (Wildman–Crippen MR) is 79.2 cm³/mol. The van der Waals surface area contributed by atoms with Crippen LogP contribution in [-0.2, 0) is 15.0 Å². The van der Waals surface area contributed by atoms with Gasteiger partial charge in [0.25, 0.3) is 10.2 Å². The van der Waals surface area contributed by atoms with Gasteiger partial charge in [0.15, 0.2) is 0 Å². The molecule has 2 unspecified atom stereocenters. The molecule has 0 bridgehead atoms. The lowest BCUT2D eigenvalue weighted by Crippen LogP contribution is -2.57. The maximum atomic E-state index is 12.7. The van der Waals surface area contributed by atoms with Crippen molar-refractivity contribution in [2.24, 2.45) is 0 Å². The van der Waals surface area contributed by atoms with Gasteiger partial charge in [-0.15, -0.1) is 0 Å². The van der Waals surface area contributed by atoms with Crippen LogP contribution in [0.4, 0.5) is 0 Å². The number of nitrogens with zero attached hydrogens (tertiary/aromatic N) is 3. The Morgan fingerprint density at radius 1 is 1.14 bits per heavy atom. The topological polar surface area (TPSA) is 81.2 Å². The molecule has 0 radical (unpaired) electrons. The summed E-state index contributed by atoms with van der Waals surface area (Å²) in [5, 5.41) is 9.02. The zero-order valence-electron chi connectivity index (χ0n) is 12.7. The van der Waals surface area contributed by atoms with Gasteiger partial charge in [-0.3, -0.25) is 9.69 Å². The van der Waals surface area contributed by atoms with E-state index in [0.29, 0.717) is 32.7 Å². The Hall–Kier alpha value is -0.700. The summed E-state index contributed by atoms with van der Waals surface area (Å²) in [4.78, 5) is 12.8. The Bertz CT molecular complexity index is 474. The van der Waals surface area contributed by atoms with Gasteiger partial charge in [0.1, 0.15) is 6.04 Å². The number of hydrogen-bond acceptors (Lipinski definition) is 4. The second-order valence-corrected chi connectivity index (χ2v) is 7.79. The predicted octanol–water partition coefficient (Wildman–Crippen LogP) is 0.196. The summed E-state index contributed by atoms with van der Waals surface area (Å²) in [6, 6.07) is -0.511. The Morgan fingerprint density at radius 3 is 2.29 bits per heavy atom. The van der Waals surface area contributed by atoms with Crippen molar-refractivity contribution in [2.45, 2.75) is 45.2 Å². The van der Waals surface area contributed by atoms with E-state index in [0.717, 1.165) is 19.3 Å². The van der Waals surface area contributed by atoms with Crippen molar-refractivity contribution in [1.29, 1.82) is 0 Å². The van der Waals surface area contributed by atoms with Crippen LogP contribution in [0, 0.1) is 0 Å². The summed E-state index contributed by atoms with van der Waals surface area (Å²) in [6.45, 7) is 5.85. The second-order valence-electron chi connectivity index (χ2n) is 5.91. The molecular formula is C13H25N3O4S. The van der Waals surface area contributed by atoms with Crippen LogP contribution in [0.25, 0.3) is 0 Å². The zero-order chi connectivity index (χ0) is 15.6. The van der Waals surface area contributed by atoms with Gasteiger partial charge in [0.2, 0.25) is 0 Å². The molecule has 2 atom stereocenters. The standard InChI is InChI=1S/C13H25N3O4S/c1-11-5-3-4-6-16(11)21(19,20)15-9-7-14(8-10-15)12(2)13(17)18/h11-12H,3-10H2,1-2H3,(H,17,18). The van der Waals surface area contributed by atoms with Crippen molar-refractivity contribution in [3.8, 4) is 0 Å². The van der Waals surface area contributed by atoms with Gasteiger partial charge in [-0.05, 0) is 26.7 Å². The van der Waals surface area contributed by atoms with E-state index in [1.54, 1.807) is 11.2 Å². The van der Waals surface area contributed by atoms with E-state index in [1.807, 2.05) is 11.8 Å². The van der Waals surface area contributed by atoms with E-state index in [-0.39, 0.29) is 6.04 Å². The van der Waals surface area contributed by atoms with Gasteiger partial charge >= 0.3 is 5.97 Å². The number of rotatable bonds is 4. The van der Waals surface area contributed by atoms with Gasteiger partial charge in [-0.25, -0.2) is 0 Å². The molecule has 2 aliphatic heterocycles. The summed E-state index contributed by atoms with van der Waals surface area (Å²) < 4.78 is 28.5. The lowest BCUT2D eigenvalue weighted by Gasteiger charge is -2.40. The number of hydrogen-bond donors (Lipinski definition) is 1. The minimum Gasteiger partial charge on any atom is -0.480 e. The molecule has 0 aliphatic carbocycles. The molecule has 2 saturated heterocycles. The SMILES string of the molecule is CC(C(=O)O)N1CCN(S(=O)(=O)N2CCCCC2C)CC1. The summed E-state index contributed by atoms with van der Waals surface area (Å²) in [5.41, 5.74) is 0. The van der Waals surface area contributed by atoms with Crippen molar-refractivity contribution in [3.05, 3.63) is 0 Å². The highest BCUT2D eigenvalue weighted by atomic mass is 32.2. The van der Waals surface area contributed by atoms with E-state index >= 15 is 0 Å². The number of aliphatic carboxylic acids is 1. The third kappa shape index (κ3) is 3.56. The third-order valence-corrected chi connectivity index (χ3v) is 6.70. The second kappa shape index (κ2) is 6.60. The molecule has 122 valence electrons. The third-order valence-electron chi connectivity index (χ3n) is 4.54. The highest BCUT2D eigenvalue weighted by Gasteiger charge is 2.37. The van der Waals surface area contributed by atoms with Crippen molar-refractivity contribution >= 4 is 16.2 Å². The van der Waals surface area contributed by atoms with Crippen LogP contribution in [0.3, 0.4) is 0 Å². The summed E-state index contributed by atoms with van der Waals surface area (Å²) in [7, 11) is -3.41. The lowest BCUT2D eigenvalue weighted by atomic mass is 10.1. The first kappa shape index (κ1) is 16.7. The molecule has 0 spiro atoms. The molecule has 2 heterocycles. The minimum absolute atomic E-state index is 0.0553. The van der Waals surface area contributed by atoms with Crippen LogP contribution < -0.4 is 0 Å². The first-order valence-electron chi connectivity index (χ1n) is 7.58. The number of piperidine rings is 1. The fraction of sp³-hybridized carbons (Fsp3) is 0.923. The highest BCUT2D eigenvalue weighted by molar-refractivity contribution is 7.86. The average Bonchev–Trinajstić information content (AvgIpc) is 2.46. The molecule has 0 aromatic rings. The largest absolute Gasteiger partial charge is 0.480 e. The van der Waals surface area contributed by atoms with Crippen molar-refractivity contribution in [1.82, 2.24) is 13.5 Å². The molecule has 2 aliphatic rings. The number of carboxylic acid groups (broad SMARTS) is 1. The van der Waals surface area contributed by atoms with Crippen molar-refractivity contribution < 1.29 is 18.3 Å². The molecule has 2 rings (SSSR count). The fourth-order valence-corrected chi connectivity index (χ4v) is 4.88. The summed E-state index contributed by atoms with van der Waals surface area (Å²) >= 11 is 0. The van der Waals surface area contributed by atoms with E-state index in [2.05, 4.69) is 0 Å². The molecule has 1 N–H and O–H groups in total. The van der Waals surface area contributed by atoms with Crippen molar-refractivity contribution in [3.63, 3.8) is 0 Å². The summed E-state index contributed by atoms with van der Waals surface area (Å²) in [5.74, 6) is -0.865. The maximum absolute atomic E-state index is 12.7. The van der Waals surface area contributed by atoms with Crippen LogP contribution in [0.1, 0.15) is 33.1 Å². The fourth-order valence-electron chi connectivity index (χ4n) is 3.04. The van der Waals surface area contributed by atoms with E-state index in [1.165, 1.54) is 4.31 Å². The van der Waals surface area contributed by atoms with Gasteiger partial charge < -0.3 is 5.11 Å². The van der Waals surface area contributed by atoms with Crippen LogP contribution >= 0.6 is 0 Å². The molecule has 0 aromatic carbocycles. The van der Waals surface area contributed by atoms with Gasteiger partial charge in [-0.2, -0.15) is 17.0 Å². The summed E-state index contributed by atoms with van der Waals surface area (Å²) in [6.07, 6.45) is 2.91. The maximum Gasteiger partial charge on any atom is 0.320 e. The first-order valence-corrected chi connectivity index (χ1v) is 8.97. The van der Waals surface area contributed by atoms with Crippen LogP contribution in [-0.4, -0.2) is 77.8 Å². The Morgan fingerprint density at radius 2 is 1.76 bits per heavy atom. The molecule has 2 fully saturated rings. The van der Waals surface area contributed by atoms with E-state index in [9.17, 15) is 13.2 Å². The van der Waals surface area contributed by atoms with Gasteiger partial charge in [0.05, 0.1) is 0 Å². The zero-order valence-corrected chi connectivity index (χ0v) is 13.5. The monoisotopic (exact) mass is 319 g/mol. The Balaban J connectivity index is 1.99. The minimum atomic E-state index is -3.41. The lowest BCUT2D eigenvalue weighted by molar-refractivity contribution is -0.143. The highest BCUT2D eigenvalue weighted by Crippen LogP contribution is 2.23. The van der Waals surface area contributed by atoms with Gasteiger partial charge in [-0.1, -0.05) is 6.42 Å². The molecule has 0 saturated carbocycles. The number of carboxylic acids is 1. The normalized spacial score (nSPS) is 28.4. The molecule has 8 heteroatoms. The van der Waals surface area contributed by atoms with Crippen LogP contribution in [0.5, 0.6) is 0 Å². The quantitative estimate of drug-likeness (QED) is 0.800. The van der Waals surface area contributed by atoms with Crippen molar-refractivity contribution in [2.75, 3.05) is 32.7 Å². The van der Waals surface area contributed by atoms with Crippen LogP contribution in [0.15, 0.2) is 0 Å². The first-order chi connectivity index (χ1) is 9.84. The van der Waals surface area contributed by atoms with Crippen LogP contribution in [0.2, 0.25) is 0 Å². The number of piperazine rings is 1. The van der Waals surface area contributed by atoms with E-state index in [4.69, 9.17) is 5.11 Å². The Labute approximate surface area is 126 Å². The van der Waals surface area contributed by atoms with Gasteiger partial charge in [0, 0.05) is 38.8 Å². The number of carbonyl (C=O) groups is 1. The molecular weight excluding hydrogens is 294 g/mol. The molecule has 21 heavy (non-hydrogen) atoms.